The van der Waals surface area contributed by atoms with Crippen LogP contribution in [0.25, 0.3) is 0 Å². The second-order valence-electron chi connectivity index (χ2n) is 6.43. The molecule has 1 aromatic rings. The van der Waals surface area contributed by atoms with Crippen LogP contribution < -0.4 is 5.32 Å². The molecule has 6 nitrogen and oxygen atoms in total. The molecule has 1 saturated carbocycles. The molecule has 2 rings (SSSR count). The average molecular weight is 332 g/mol. The van der Waals surface area contributed by atoms with Crippen molar-refractivity contribution < 1.29 is 19.5 Å². The van der Waals surface area contributed by atoms with Crippen molar-refractivity contribution in [3.8, 4) is 0 Å². The van der Waals surface area contributed by atoms with Crippen LogP contribution in [0.5, 0.6) is 0 Å². The molecule has 0 spiro atoms. The second-order valence-corrected chi connectivity index (χ2v) is 6.43. The molecular weight excluding hydrogens is 308 g/mol. The van der Waals surface area contributed by atoms with Crippen molar-refractivity contribution in [2.45, 2.75) is 45.6 Å². The zero-order valence-corrected chi connectivity index (χ0v) is 14.3. The first-order valence-electron chi connectivity index (χ1n) is 8.22. The SMILES string of the molecule is Cc1ccc(C(=O)N(C)[C@@H](C)C(=O)O)cc1NC(=O)C1CCCC1. The Kier molecular flexibility index (Phi) is 5.59. The van der Waals surface area contributed by atoms with E-state index in [2.05, 4.69) is 5.32 Å². The summed E-state index contributed by atoms with van der Waals surface area (Å²) in [5, 5.41) is 11.9. The van der Waals surface area contributed by atoms with E-state index in [1.807, 2.05) is 6.92 Å². The van der Waals surface area contributed by atoms with E-state index in [9.17, 15) is 14.4 Å². The highest BCUT2D eigenvalue weighted by Gasteiger charge is 2.25. The summed E-state index contributed by atoms with van der Waals surface area (Å²) >= 11 is 0. The minimum absolute atomic E-state index is 0.00698. The van der Waals surface area contributed by atoms with Crippen LogP contribution in [0.1, 0.15) is 48.5 Å². The number of benzene rings is 1. The zero-order chi connectivity index (χ0) is 17.9. The van der Waals surface area contributed by atoms with Gasteiger partial charge in [0.15, 0.2) is 0 Å². The first-order chi connectivity index (χ1) is 11.3. The van der Waals surface area contributed by atoms with Gasteiger partial charge in [-0.25, -0.2) is 4.79 Å². The molecule has 6 heteroatoms. The molecule has 1 fully saturated rings. The minimum atomic E-state index is -1.06. The molecule has 0 aromatic heterocycles. The van der Waals surface area contributed by atoms with Crippen LogP contribution in [0, 0.1) is 12.8 Å². The average Bonchev–Trinajstić information content (AvgIpc) is 3.09. The normalized spacial score (nSPS) is 15.8. The maximum absolute atomic E-state index is 12.4. The summed E-state index contributed by atoms with van der Waals surface area (Å²) in [6.45, 7) is 3.32. The fourth-order valence-electron chi connectivity index (χ4n) is 2.86. The van der Waals surface area contributed by atoms with Gasteiger partial charge >= 0.3 is 5.97 Å². The molecule has 130 valence electrons. The number of anilines is 1. The number of rotatable bonds is 5. The van der Waals surface area contributed by atoms with Gasteiger partial charge in [-0.05, 0) is 44.4 Å². The quantitative estimate of drug-likeness (QED) is 0.868. The molecule has 0 heterocycles. The van der Waals surface area contributed by atoms with Gasteiger partial charge in [-0.1, -0.05) is 18.9 Å². The number of carbonyl (C=O) groups is 3. The number of amides is 2. The van der Waals surface area contributed by atoms with Crippen LogP contribution in [-0.4, -0.2) is 40.9 Å². The molecule has 1 aliphatic carbocycles. The highest BCUT2D eigenvalue weighted by Crippen LogP contribution is 2.27. The number of nitrogens with one attached hydrogen (secondary N) is 1. The number of carbonyl (C=O) groups excluding carboxylic acids is 2. The fourth-order valence-corrected chi connectivity index (χ4v) is 2.86. The summed E-state index contributed by atoms with van der Waals surface area (Å²) in [4.78, 5) is 37.0. The Bertz CT molecular complexity index is 650. The number of carboxylic acid groups (broad SMARTS) is 1. The molecule has 0 radical (unpaired) electrons. The van der Waals surface area contributed by atoms with E-state index in [1.165, 1.54) is 18.9 Å². The number of carboxylic acids is 1. The lowest BCUT2D eigenvalue weighted by Crippen LogP contribution is -2.40. The van der Waals surface area contributed by atoms with Gasteiger partial charge in [-0.3, -0.25) is 9.59 Å². The van der Waals surface area contributed by atoms with E-state index in [0.717, 1.165) is 31.2 Å². The first kappa shape index (κ1) is 18.0. The Hall–Kier alpha value is -2.37. The molecule has 0 bridgehead atoms. The Balaban J connectivity index is 2.16. The van der Waals surface area contributed by atoms with Gasteiger partial charge < -0.3 is 15.3 Å². The van der Waals surface area contributed by atoms with Crippen molar-refractivity contribution in [1.29, 1.82) is 0 Å². The predicted octanol–water partition coefficient (Wildman–Crippen LogP) is 2.67. The van der Waals surface area contributed by atoms with Gasteiger partial charge in [-0.2, -0.15) is 0 Å². The topological polar surface area (TPSA) is 86.7 Å². The smallest absolute Gasteiger partial charge is 0.326 e. The molecule has 24 heavy (non-hydrogen) atoms. The Morgan fingerprint density at radius 2 is 1.88 bits per heavy atom. The maximum atomic E-state index is 12.4. The monoisotopic (exact) mass is 332 g/mol. The number of likely N-dealkylation sites (N-methyl/N-ethyl adjacent to an activating group) is 1. The van der Waals surface area contributed by atoms with Gasteiger partial charge in [-0.15, -0.1) is 0 Å². The van der Waals surface area contributed by atoms with Crippen LogP contribution in [0.4, 0.5) is 5.69 Å². The van der Waals surface area contributed by atoms with Crippen molar-refractivity contribution >= 4 is 23.5 Å². The van der Waals surface area contributed by atoms with E-state index in [0.29, 0.717) is 11.3 Å². The van der Waals surface area contributed by atoms with Crippen LogP contribution in [0.15, 0.2) is 18.2 Å². The third-order valence-electron chi connectivity index (χ3n) is 4.73. The summed E-state index contributed by atoms with van der Waals surface area (Å²) in [5.41, 5.74) is 1.83. The number of hydrogen-bond acceptors (Lipinski definition) is 3. The molecule has 2 N–H and O–H groups in total. The lowest BCUT2D eigenvalue weighted by Gasteiger charge is -2.22. The summed E-state index contributed by atoms with van der Waals surface area (Å²) in [6.07, 6.45) is 3.96. The fraction of sp³-hybridized carbons (Fsp3) is 0.500. The highest BCUT2D eigenvalue weighted by atomic mass is 16.4. The van der Waals surface area contributed by atoms with Crippen molar-refractivity contribution in [3.05, 3.63) is 29.3 Å². The van der Waals surface area contributed by atoms with Gasteiger partial charge in [0, 0.05) is 24.2 Å². The number of hydrogen-bond donors (Lipinski definition) is 2. The molecule has 1 aliphatic rings. The summed E-state index contributed by atoms with van der Waals surface area (Å²) in [7, 11) is 1.46. The first-order valence-corrected chi connectivity index (χ1v) is 8.22. The van der Waals surface area contributed by atoms with Gasteiger partial charge in [0.1, 0.15) is 6.04 Å². The Morgan fingerprint density at radius 3 is 2.46 bits per heavy atom. The van der Waals surface area contributed by atoms with Gasteiger partial charge in [0.2, 0.25) is 5.91 Å². The predicted molar refractivity (Wildman–Crippen MR) is 91.0 cm³/mol. The Labute approximate surface area is 141 Å². The maximum Gasteiger partial charge on any atom is 0.326 e. The van der Waals surface area contributed by atoms with Crippen LogP contribution in [0.2, 0.25) is 0 Å². The van der Waals surface area contributed by atoms with Gasteiger partial charge in [0.05, 0.1) is 0 Å². The third kappa shape index (κ3) is 3.93. The van der Waals surface area contributed by atoms with Crippen LogP contribution >= 0.6 is 0 Å². The van der Waals surface area contributed by atoms with Crippen molar-refractivity contribution in [3.63, 3.8) is 0 Å². The molecule has 2 amide bonds. The van der Waals surface area contributed by atoms with Gasteiger partial charge in [0.25, 0.3) is 5.91 Å². The third-order valence-corrected chi connectivity index (χ3v) is 4.73. The summed E-state index contributed by atoms with van der Waals surface area (Å²) in [6, 6.07) is 4.11. The number of aryl methyl sites for hydroxylation is 1. The Morgan fingerprint density at radius 1 is 1.25 bits per heavy atom. The van der Waals surface area contributed by atoms with E-state index < -0.39 is 12.0 Å². The standard InChI is InChI=1S/C18H24N2O4/c1-11-8-9-14(17(22)20(3)12(2)18(23)24)10-15(11)19-16(21)13-6-4-5-7-13/h8-10,12-13H,4-7H2,1-3H3,(H,19,21)(H,23,24)/t12-/m0/s1. The second kappa shape index (κ2) is 7.47. The minimum Gasteiger partial charge on any atom is -0.480 e. The van der Waals surface area contributed by atoms with Crippen molar-refractivity contribution in [2.24, 2.45) is 5.92 Å². The number of aliphatic carboxylic acids is 1. The molecule has 0 aliphatic heterocycles. The molecule has 0 unspecified atom stereocenters. The van der Waals surface area contributed by atoms with E-state index in [4.69, 9.17) is 5.11 Å². The zero-order valence-electron chi connectivity index (χ0n) is 14.3. The lowest BCUT2D eigenvalue weighted by molar-refractivity contribution is -0.141. The summed E-state index contributed by atoms with van der Waals surface area (Å²) < 4.78 is 0. The highest BCUT2D eigenvalue weighted by molar-refractivity contribution is 5.99. The van der Waals surface area contributed by atoms with Crippen LogP contribution in [-0.2, 0) is 9.59 Å². The molecule has 1 aromatic carbocycles. The number of nitrogens with zero attached hydrogens (tertiary/aromatic N) is 1. The molecule has 1 atom stereocenters. The van der Waals surface area contributed by atoms with Crippen molar-refractivity contribution in [2.75, 3.05) is 12.4 Å². The van der Waals surface area contributed by atoms with Crippen molar-refractivity contribution in [1.82, 2.24) is 4.90 Å². The molecule has 0 saturated heterocycles. The summed E-state index contributed by atoms with van der Waals surface area (Å²) in [5.74, 6) is -1.42. The van der Waals surface area contributed by atoms with E-state index in [1.54, 1.807) is 18.2 Å². The van der Waals surface area contributed by atoms with E-state index >= 15 is 0 Å². The lowest BCUT2D eigenvalue weighted by atomic mass is 10.1. The largest absolute Gasteiger partial charge is 0.480 e. The van der Waals surface area contributed by atoms with Crippen LogP contribution in [0.3, 0.4) is 0 Å². The molecular formula is C18H24N2O4. The van der Waals surface area contributed by atoms with E-state index in [-0.39, 0.29) is 17.7 Å².